The molecule has 8 nitrogen and oxygen atoms in total. The van der Waals surface area contributed by atoms with Crippen LogP contribution in [-0.2, 0) is 17.1 Å². The number of aryl methyl sites for hydroxylation is 1. The van der Waals surface area contributed by atoms with Crippen LogP contribution < -0.4 is 4.72 Å². The average Bonchev–Trinajstić information content (AvgIpc) is 2.75. The lowest BCUT2D eigenvalue weighted by Crippen LogP contribution is -2.28. The van der Waals surface area contributed by atoms with Gasteiger partial charge in [-0.15, -0.1) is 10.2 Å². The lowest BCUT2D eigenvalue weighted by molar-refractivity contribution is 0.552. The van der Waals surface area contributed by atoms with Crippen LogP contribution in [0.25, 0.3) is 0 Å². The number of nitrogens with one attached hydrogen (secondary N) is 1. The SMILES string of the molecule is CC(NS(=O)(=O)c1cnc(Cl)nc1)c1nncn1C. The van der Waals surface area contributed by atoms with Crippen LogP contribution in [0.5, 0.6) is 0 Å². The number of sulfonamides is 1. The van der Waals surface area contributed by atoms with Crippen LogP contribution >= 0.6 is 11.6 Å². The fourth-order valence-corrected chi connectivity index (χ4v) is 2.66. The van der Waals surface area contributed by atoms with Crippen molar-refractivity contribution in [3.05, 3.63) is 29.8 Å². The molecule has 0 radical (unpaired) electrons. The molecule has 19 heavy (non-hydrogen) atoms. The van der Waals surface area contributed by atoms with E-state index in [0.717, 1.165) is 12.4 Å². The van der Waals surface area contributed by atoms with Crippen molar-refractivity contribution in [3.63, 3.8) is 0 Å². The number of nitrogens with zero attached hydrogens (tertiary/aromatic N) is 5. The molecule has 2 rings (SSSR count). The number of aromatic nitrogens is 5. The third-order valence-electron chi connectivity index (χ3n) is 2.37. The summed E-state index contributed by atoms with van der Waals surface area (Å²) in [5, 5.41) is 7.52. The van der Waals surface area contributed by atoms with E-state index in [1.54, 1.807) is 18.5 Å². The van der Waals surface area contributed by atoms with Crippen LogP contribution in [-0.4, -0.2) is 33.2 Å². The van der Waals surface area contributed by atoms with E-state index in [-0.39, 0.29) is 10.2 Å². The summed E-state index contributed by atoms with van der Waals surface area (Å²) >= 11 is 5.51. The molecule has 1 unspecified atom stereocenters. The summed E-state index contributed by atoms with van der Waals surface area (Å²) in [5.41, 5.74) is 0. The van der Waals surface area contributed by atoms with E-state index in [4.69, 9.17) is 11.6 Å². The predicted octanol–water partition coefficient (Wildman–Crippen LogP) is 0.298. The molecule has 0 aliphatic carbocycles. The molecule has 0 fully saturated rings. The van der Waals surface area contributed by atoms with Crippen LogP contribution in [0.3, 0.4) is 0 Å². The normalized spacial score (nSPS) is 13.4. The van der Waals surface area contributed by atoms with Crippen molar-refractivity contribution >= 4 is 21.6 Å². The maximum atomic E-state index is 12.1. The molecular weight excluding hydrogens is 292 g/mol. The highest BCUT2D eigenvalue weighted by Gasteiger charge is 2.21. The van der Waals surface area contributed by atoms with Gasteiger partial charge in [0, 0.05) is 7.05 Å². The molecule has 2 aromatic heterocycles. The highest BCUT2D eigenvalue weighted by Crippen LogP contribution is 2.14. The van der Waals surface area contributed by atoms with E-state index >= 15 is 0 Å². The lowest BCUT2D eigenvalue weighted by Gasteiger charge is -2.12. The van der Waals surface area contributed by atoms with E-state index in [9.17, 15) is 8.42 Å². The Kier molecular flexibility index (Phi) is 3.78. The second kappa shape index (κ2) is 5.19. The molecular formula is C9H11ClN6O2S. The number of hydrogen-bond donors (Lipinski definition) is 1. The van der Waals surface area contributed by atoms with Crippen LogP contribution in [0.1, 0.15) is 18.8 Å². The summed E-state index contributed by atoms with van der Waals surface area (Å²) < 4.78 is 28.2. The van der Waals surface area contributed by atoms with E-state index in [1.165, 1.54) is 6.33 Å². The van der Waals surface area contributed by atoms with Crippen molar-refractivity contribution in [1.82, 2.24) is 29.5 Å². The number of rotatable bonds is 4. The molecule has 0 aliphatic heterocycles. The minimum Gasteiger partial charge on any atom is -0.319 e. The first-order valence-corrected chi connectivity index (χ1v) is 7.10. The van der Waals surface area contributed by atoms with Crippen LogP contribution in [0.2, 0.25) is 5.28 Å². The Hall–Kier alpha value is -1.58. The maximum Gasteiger partial charge on any atom is 0.244 e. The lowest BCUT2D eigenvalue weighted by atomic mass is 10.3. The topological polar surface area (TPSA) is 103 Å². The van der Waals surface area contributed by atoms with Gasteiger partial charge < -0.3 is 4.57 Å². The first-order chi connectivity index (χ1) is 8.90. The summed E-state index contributed by atoms with van der Waals surface area (Å²) in [7, 11) is -2.01. The second-order valence-corrected chi connectivity index (χ2v) is 5.88. The van der Waals surface area contributed by atoms with Crippen molar-refractivity contribution in [2.45, 2.75) is 17.9 Å². The van der Waals surface area contributed by atoms with Gasteiger partial charge in [0.25, 0.3) is 0 Å². The van der Waals surface area contributed by atoms with Gasteiger partial charge in [0.15, 0.2) is 0 Å². The summed E-state index contributed by atoms with van der Waals surface area (Å²) in [5.74, 6) is 0.499. The highest BCUT2D eigenvalue weighted by molar-refractivity contribution is 7.89. The Morgan fingerprint density at radius 2 is 2.00 bits per heavy atom. The zero-order valence-corrected chi connectivity index (χ0v) is 11.7. The van der Waals surface area contributed by atoms with Gasteiger partial charge in [-0.2, -0.15) is 0 Å². The summed E-state index contributed by atoms with van der Waals surface area (Å²) in [6.07, 6.45) is 3.77. The Balaban J connectivity index is 2.22. The van der Waals surface area contributed by atoms with Crippen LogP contribution in [0.15, 0.2) is 23.6 Å². The Morgan fingerprint density at radius 1 is 1.37 bits per heavy atom. The Labute approximate surface area is 114 Å². The van der Waals surface area contributed by atoms with Crippen molar-refractivity contribution in [3.8, 4) is 0 Å². The van der Waals surface area contributed by atoms with E-state index in [2.05, 4.69) is 24.9 Å². The van der Waals surface area contributed by atoms with Gasteiger partial charge >= 0.3 is 0 Å². The predicted molar refractivity (Wildman–Crippen MR) is 66.8 cm³/mol. The molecule has 102 valence electrons. The zero-order chi connectivity index (χ0) is 14.0. The van der Waals surface area contributed by atoms with Gasteiger partial charge in [0.2, 0.25) is 15.3 Å². The van der Waals surface area contributed by atoms with Gasteiger partial charge in [-0.05, 0) is 18.5 Å². The molecule has 2 aromatic rings. The standard InChI is InChI=1S/C9H11ClN6O2S/c1-6(8-14-13-5-16(8)2)15-19(17,18)7-3-11-9(10)12-4-7/h3-6,15H,1-2H3. The highest BCUT2D eigenvalue weighted by atomic mass is 35.5. The van der Waals surface area contributed by atoms with Crippen molar-refractivity contribution in [2.24, 2.45) is 7.05 Å². The summed E-state index contributed by atoms with van der Waals surface area (Å²) in [4.78, 5) is 7.21. The van der Waals surface area contributed by atoms with E-state index < -0.39 is 16.1 Å². The average molecular weight is 303 g/mol. The minimum atomic E-state index is -3.73. The zero-order valence-electron chi connectivity index (χ0n) is 10.1. The first kappa shape index (κ1) is 13.8. The van der Waals surface area contributed by atoms with Crippen LogP contribution in [0.4, 0.5) is 0 Å². The second-order valence-electron chi connectivity index (χ2n) is 3.83. The number of halogens is 1. The molecule has 0 spiro atoms. The van der Waals surface area contributed by atoms with Crippen molar-refractivity contribution < 1.29 is 8.42 Å². The Bertz CT molecular complexity index is 668. The molecule has 0 saturated carbocycles. The Morgan fingerprint density at radius 3 is 2.53 bits per heavy atom. The number of hydrogen-bond acceptors (Lipinski definition) is 6. The third kappa shape index (κ3) is 3.06. The van der Waals surface area contributed by atoms with Gasteiger partial charge in [-0.3, -0.25) is 0 Å². The molecule has 2 heterocycles. The van der Waals surface area contributed by atoms with Crippen LogP contribution in [0, 0.1) is 0 Å². The maximum absolute atomic E-state index is 12.1. The molecule has 0 aromatic carbocycles. The molecule has 1 N–H and O–H groups in total. The minimum absolute atomic E-state index is 0.0136. The fourth-order valence-electron chi connectivity index (χ4n) is 1.48. The summed E-state index contributed by atoms with van der Waals surface area (Å²) in [6, 6.07) is -0.534. The molecule has 0 amide bonds. The van der Waals surface area contributed by atoms with Crippen molar-refractivity contribution in [1.29, 1.82) is 0 Å². The molecule has 0 bridgehead atoms. The smallest absolute Gasteiger partial charge is 0.244 e. The third-order valence-corrected chi connectivity index (χ3v) is 4.06. The molecule has 10 heteroatoms. The fraction of sp³-hybridized carbons (Fsp3) is 0.333. The molecule has 0 saturated heterocycles. The van der Waals surface area contributed by atoms with Gasteiger partial charge in [0.1, 0.15) is 17.0 Å². The van der Waals surface area contributed by atoms with Gasteiger partial charge in [-0.25, -0.2) is 23.1 Å². The van der Waals surface area contributed by atoms with Gasteiger partial charge in [0.05, 0.1) is 18.4 Å². The molecule has 0 aliphatic rings. The molecule has 1 atom stereocenters. The quantitative estimate of drug-likeness (QED) is 0.815. The van der Waals surface area contributed by atoms with E-state index in [1.807, 2.05) is 0 Å². The monoisotopic (exact) mass is 302 g/mol. The first-order valence-electron chi connectivity index (χ1n) is 5.24. The van der Waals surface area contributed by atoms with Crippen molar-refractivity contribution in [2.75, 3.05) is 0 Å². The summed E-state index contributed by atoms with van der Waals surface area (Å²) in [6.45, 7) is 1.67. The van der Waals surface area contributed by atoms with E-state index in [0.29, 0.717) is 5.82 Å². The van der Waals surface area contributed by atoms with Gasteiger partial charge in [-0.1, -0.05) is 0 Å². The largest absolute Gasteiger partial charge is 0.319 e.